The third-order valence-electron chi connectivity index (χ3n) is 4.29. The maximum Gasteiger partial charge on any atom is 0.251 e. The van der Waals surface area contributed by atoms with Crippen molar-refractivity contribution < 1.29 is 13.9 Å². The molecule has 0 heterocycles. The lowest BCUT2D eigenvalue weighted by molar-refractivity contribution is 0.0143. The number of aliphatic hydroxyl groups excluding tert-OH is 1. The zero-order valence-corrected chi connectivity index (χ0v) is 11.9. The SMILES string of the molecule is CCCC1CCC(CN)C(N(CCO)CC(F)F)C1. The van der Waals surface area contributed by atoms with E-state index >= 15 is 0 Å². The Morgan fingerprint density at radius 1 is 1.37 bits per heavy atom. The van der Waals surface area contributed by atoms with Crippen LogP contribution in [0.5, 0.6) is 0 Å². The molecule has 0 radical (unpaired) electrons. The highest BCUT2D eigenvalue weighted by Crippen LogP contribution is 2.34. The van der Waals surface area contributed by atoms with Crippen LogP contribution in [0.1, 0.15) is 39.0 Å². The molecule has 0 aromatic heterocycles. The average Bonchev–Trinajstić information content (AvgIpc) is 2.38. The second-order valence-electron chi connectivity index (χ2n) is 5.64. The van der Waals surface area contributed by atoms with Crippen molar-refractivity contribution in [3.05, 3.63) is 0 Å². The van der Waals surface area contributed by atoms with Gasteiger partial charge in [0, 0.05) is 12.6 Å². The topological polar surface area (TPSA) is 49.5 Å². The van der Waals surface area contributed by atoms with Crippen molar-refractivity contribution in [3.8, 4) is 0 Å². The van der Waals surface area contributed by atoms with Crippen LogP contribution in [0.2, 0.25) is 0 Å². The second kappa shape index (κ2) is 8.82. The van der Waals surface area contributed by atoms with Crippen LogP contribution in [0.15, 0.2) is 0 Å². The zero-order chi connectivity index (χ0) is 14.3. The fourth-order valence-electron chi connectivity index (χ4n) is 3.38. The van der Waals surface area contributed by atoms with E-state index in [1.165, 1.54) is 0 Å². The standard InChI is InChI=1S/C14H28F2N2O/c1-2-3-11-4-5-12(9-17)13(8-11)18(6-7-19)10-14(15)16/h11-14,19H,2-10,17H2,1H3. The molecule has 1 saturated carbocycles. The Balaban J connectivity index is 2.69. The van der Waals surface area contributed by atoms with Crippen LogP contribution in [-0.2, 0) is 0 Å². The molecule has 0 aliphatic heterocycles. The highest BCUT2D eigenvalue weighted by molar-refractivity contribution is 4.87. The van der Waals surface area contributed by atoms with E-state index in [9.17, 15) is 8.78 Å². The van der Waals surface area contributed by atoms with Gasteiger partial charge in [0.05, 0.1) is 13.2 Å². The van der Waals surface area contributed by atoms with Gasteiger partial charge in [-0.2, -0.15) is 0 Å². The van der Waals surface area contributed by atoms with Gasteiger partial charge in [0.2, 0.25) is 0 Å². The van der Waals surface area contributed by atoms with Gasteiger partial charge in [0.25, 0.3) is 6.43 Å². The van der Waals surface area contributed by atoms with Crippen molar-refractivity contribution in [1.82, 2.24) is 4.90 Å². The van der Waals surface area contributed by atoms with Gasteiger partial charge in [-0.3, -0.25) is 4.90 Å². The summed E-state index contributed by atoms with van der Waals surface area (Å²) in [5, 5.41) is 9.09. The summed E-state index contributed by atoms with van der Waals surface area (Å²) in [7, 11) is 0. The van der Waals surface area contributed by atoms with E-state index < -0.39 is 6.43 Å². The predicted molar refractivity (Wildman–Crippen MR) is 73.2 cm³/mol. The highest BCUT2D eigenvalue weighted by atomic mass is 19.3. The summed E-state index contributed by atoms with van der Waals surface area (Å²) in [6, 6.07) is 0.108. The minimum Gasteiger partial charge on any atom is -0.395 e. The van der Waals surface area contributed by atoms with Crippen molar-refractivity contribution in [2.45, 2.75) is 51.5 Å². The number of hydrogen-bond donors (Lipinski definition) is 2. The third kappa shape index (κ3) is 5.32. The van der Waals surface area contributed by atoms with E-state index in [1.807, 2.05) is 0 Å². The molecule has 1 aliphatic carbocycles. The van der Waals surface area contributed by atoms with Gasteiger partial charge in [-0.15, -0.1) is 0 Å². The van der Waals surface area contributed by atoms with Crippen LogP contribution in [0.25, 0.3) is 0 Å². The maximum absolute atomic E-state index is 12.7. The van der Waals surface area contributed by atoms with Crippen molar-refractivity contribution in [2.24, 2.45) is 17.6 Å². The van der Waals surface area contributed by atoms with E-state index in [4.69, 9.17) is 10.8 Å². The molecule has 0 bridgehead atoms. The number of nitrogens with zero attached hydrogens (tertiary/aromatic N) is 1. The first-order chi connectivity index (χ1) is 9.12. The number of nitrogens with two attached hydrogens (primary N) is 1. The lowest BCUT2D eigenvalue weighted by Crippen LogP contribution is -2.49. The van der Waals surface area contributed by atoms with Crippen molar-refractivity contribution >= 4 is 0 Å². The lowest BCUT2D eigenvalue weighted by Gasteiger charge is -2.42. The lowest BCUT2D eigenvalue weighted by atomic mass is 9.76. The van der Waals surface area contributed by atoms with E-state index in [0.717, 1.165) is 32.1 Å². The monoisotopic (exact) mass is 278 g/mol. The molecule has 1 fully saturated rings. The van der Waals surface area contributed by atoms with E-state index in [1.54, 1.807) is 4.90 Å². The van der Waals surface area contributed by atoms with E-state index in [-0.39, 0.29) is 19.2 Å². The van der Waals surface area contributed by atoms with Crippen LogP contribution < -0.4 is 5.73 Å². The largest absolute Gasteiger partial charge is 0.395 e. The van der Waals surface area contributed by atoms with Crippen LogP contribution in [0.3, 0.4) is 0 Å². The Kier molecular flexibility index (Phi) is 7.80. The number of aliphatic hydroxyl groups is 1. The van der Waals surface area contributed by atoms with Gasteiger partial charge in [0.1, 0.15) is 0 Å². The molecular weight excluding hydrogens is 250 g/mol. The Hall–Kier alpha value is -0.260. The molecule has 0 amide bonds. The first-order valence-electron chi connectivity index (χ1n) is 7.45. The number of alkyl halides is 2. The average molecular weight is 278 g/mol. The minimum absolute atomic E-state index is 0.0705. The molecule has 0 spiro atoms. The molecule has 0 aromatic carbocycles. The Morgan fingerprint density at radius 3 is 2.63 bits per heavy atom. The molecule has 5 heteroatoms. The van der Waals surface area contributed by atoms with Crippen LogP contribution in [-0.4, -0.2) is 48.7 Å². The molecule has 1 aliphatic rings. The molecule has 19 heavy (non-hydrogen) atoms. The first kappa shape index (κ1) is 16.8. The fraction of sp³-hybridized carbons (Fsp3) is 1.00. The quantitative estimate of drug-likeness (QED) is 0.715. The Labute approximate surface area is 115 Å². The van der Waals surface area contributed by atoms with E-state index in [2.05, 4.69) is 6.92 Å². The van der Waals surface area contributed by atoms with Crippen LogP contribution in [0.4, 0.5) is 8.78 Å². The molecule has 0 aromatic rings. The van der Waals surface area contributed by atoms with Gasteiger partial charge in [0.15, 0.2) is 0 Å². The molecule has 0 saturated heterocycles. The van der Waals surface area contributed by atoms with Crippen LogP contribution in [0, 0.1) is 11.8 Å². The molecular formula is C14H28F2N2O. The molecule has 1 rings (SSSR count). The van der Waals surface area contributed by atoms with Gasteiger partial charge in [-0.1, -0.05) is 26.2 Å². The first-order valence-corrected chi connectivity index (χ1v) is 7.45. The minimum atomic E-state index is -2.35. The maximum atomic E-state index is 12.7. The summed E-state index contributed by atoms with van der Waals surface area (Å²) >= 11 is 0. The van der Waals surface area contributed by atoms with Gasteiger partial charge in [-0.05, 0) is 31.2 Å². The number of halogens is 2. The number of rotatable bonds is 8. The highest BCUT2D eigenvalue weighted by Gasteiger charge is 2.34. The van der Waals surface area contributed by atoms with Crippen molar-refractivity contribution in [2.75, 3.05) is 26.2 Å². The van der Waals surface area contributed by atoms with Gasteiger partial charge < -0.3 is 10.8 Å². The van der Waals surface area contributed by atoms with Gasteiger partial charge >= 0.3 is 0 Å². The summed E-state index contributed by atoms with van der Waals surface area (Å²) in [4.78, 5) is 1.75. The summed E-state index contributed by atoms with van der Waals surface area (Å²) < 4.78 is 25.4. The van der Waals surface area contributed by atoms with E-state index in [0.29, 0.717) is 24.9 Å². The molecule has 3 unspecified atom stereocenters. The Morgan fingerprint density at radius 2 is 2.11 bits per heavy atom. The smallest absolute Gasteiger partial charge is 0.251 e. The van der Waals surface area contributed by atoms with Crippen molar-refractivity contribution in [3.63, 3.8) is 0 Å². The predicted octanol–water partition coefficient (Wildman–Crippen LogP) is 2.09. The molecule has 3 atom stereocenters. The number of hydrogen-bond acceptors (Lipinski definition) is 3. The molecule has 114 valence electrons. The molecule has 3 N–H and O–H groups in total. The summed E-state index contributed by atoms with van der Waals surface area (Å²) in [6.45, 7) is 2.72. The summed E-state index contributed by atoms with van der Waals surface area (Å²) in [6.07, 6.45) is 3.08. The fourth-order valence-corrected chi connectivity index (χ4v) is 3.38. The van der Waals surface area contributed by atoms with Gasteiger partial charge in [-0.25, -0.2) is 8.78 Å². The summed E-state index contributed by atoms with van der Waals surface area (Å²) in [5.74, 6) is 0.912. The Bertz CT molecular complexity index is 241. The van der Waals surface area contributed by atoms with Crippen molar-refractivity contribution in [1.29, 1.82) is 0 Å². The molecule has 3 nitrogen and oxygen atoms in total. The second-order valence-corrected chi connectivity index (χ2v) is 5.64. The third-order valence-corrected chi connectivity index (χ3v) is 4.29. The summed E-state index contributed by atoms with van der Waals surface area (Å²) in [5.41, 5.74) is 5.80. The normalized spacial score (nSPS) is 28.3. The van der Waals surface area contributed by atoms with Crippen LogP contribution >= 0.6 is 0 Å². The zero-order valence-electron chi connectivity index (χ0n) is 11.9.